The number of likely N-dealkylation sites (tertiary alicyclic amines) is 1. The smallest absolute Gasteiger partial charge is 0.317 e. The molecule has 2 rings (SSSR count). The Bertz CT molecular complexity index is 498. The second-order valence-electron chi connectivity index (χ2n) is 5.08. The molecule has 0 aliphatic carbocycles. The number of carboxylic acids is 1. The van der Waals surface area contributed by atoms with Gasteiger partial charge in [0, 0.05) is 25.6 Å². The van der Waals surface area contributed by atoms with Crippen LogP contribution in [0.5, 0.6) is 0 Å². The number of rotatable bonds is 4. The Labute approximate surface area is 116 Å². The van der Waals surface area contributed by atoms with Gasteiger partial charge < -0.3 is 15.3 Å². The van der Waals surface area contributed by atoms with Crippen molar-refractivity contribution in [3.63, 3.8) is 0 Å². The van der Waals surface area contributed by atoms with Gasteiger partial charge in [-0.1, -0.05) is 19.1 Å². The number of hydrogen-bond donors (Lipinski definition) is 2. The van der Waals surface area contributed by atoms with Gasteiger partial charge >= 0.3 is 12.0 Å². The van der Waals surface area contributed by atoms with Gasteiger partial charge in [-0.2, -0.15) is 0 Å². The summed E-state index contributed by atoms with van der Waals surface area (Å²) in [6.07, 6.45) is 0. The Hall–Kier alpha value is -2.11. The summed E-state index contributed by atoms with van der Waals surface area (Å²) >= 11 is 0. The quantitative estimate of drug-likeness (QED) is 0.881. The summed E-state index contributed by atoms with van der Waals surface area (Å²) in [4.78, 5) is 24.2. The van der Waals surface area contributed by atoms with Gasteiger partial charge in [0.1, 0.15) is 5.82 Å². The van der Waals surface area contributed by atoms with Gasteiger partial charge in [-0.15, -0.1) is 0 Å². The van der Waals surface area contributed by atoms with Crippen LogP contribution in [0.25, 0.3) is 0 Å². The van der Waals surface area contributed by atoms with E-state index in [0.717, 1.165) is 5.56 Å². The Kier molecular flexibility index (Phi) is 4.22. The Morgan fingerprint density at radius 3 is 2.55 bits per heavy atom. The normalized spacial score (nSPS) is 16.4. The SMILES string of the molecule is CC(C(=O)O)C1CN(C(=O)NCc2ccc(F)cc2)C1. The first-order valence-electron chi connectivity index (χ1n) is 6.47. The molecule has 0 radical (unpaired) electrons. The second kappa shape index (κ2) is 5.90. The van der Waals surface area contributed by atoms with Crippen LogP contribution in [0.1, 0.15) is 12.5 Å². The molecule has 1 aromatic rings. The van der Waals surface area contributed by atoms with Crippen LogP contribution < -0.4 is 5.32 Å². The summed E-state index contributed by atoms with van der Waals surface area (Å²) < 4.78 is 12.7. The molecule has 1 atom stereocenters. The highest BCUT2D eigenvalue weighted by Crippen LogP contribution is 2.23. The lowest BCUT2D eigenvalue weighted by Gasteiger charge is -2.41. The predicted octanol–water partition coefficient (Wildman–Crippen LogP) is 1.69. The number of aliphatic carboxylic acids is 1. The predicted molar refractivity (Wildman–Crippen MR) is 70.5 cm³/mol. The van der Waals surface area contributed by atoms with Crippen molar-refractivity contribution < 1.29 is 19.1 Å². The number of hydrogen-bond acceptors (Lipinski definition) is 2. The van der Waals surface area contributed by atoms with Crippen molar-refractivity contribution in [3.05, 3.63) is 35.6 Å². The maximum atomic E-state index is 12.7. The number of carbonyl (C=O) groups is 2. The maximum Gasteiger partial charge on any atom is 0.317 e. The molecule has 0 spiro atoms. The second-order valence-corrected chi connectivity index (χ2v) is 5.08. The van der Waals surface area contributed by atoms with E-state index in [4.69, 9.17) is 5.11 Å². The summed E-state index contributed by atoms with van der Waals surface area (Å²) in [5, 5.41) is 11.6. The van der Waals surface area contributed by atoms with E-state index in [1.165, 1.54) is 12.1 Å². The van der Waals surface area contributed by atoms with Crippen LogP contribution >= 0.6 is 0 Å². The highest BCUT2D eigenvalue weighted by atomic mass is 19.1. The number of amides is 2. The van der Waals surface area contributed by atoms with Gasteiger partial charge in [0.25, 0.3) is 0 Å². The first-order chi connectivity index (χ1) is 9.47. The Morgan fingerprint density at radius 2 is 2.00 bits per heavy atom. The fourth-order valence-corrected chi connectivity index (χ4v) is 2.09. The Morgan fingerprint density at radius 1 is 1.40 bits per heavy atom. The van der Waals surface area contributed by atoms with Gasteiger partial charge in [-0.3, -0.25) is 4.79 Å². The van der Waals surface area contributed by atoms with Crippen molar-refractivity contribution in [2.45, 2.75) is 13.5 Å². The summed E-state index contributed by atoms with van der Waals surface area (Å²) in [6.45, 7) is 2.90. The standard InChI is InChI=1S/C14H17FN2O3/c1-9(13(18)19)11-7-17(8-11)14(20)16-6-10-2-4-12(15)5-3-10/h2-5,9,11H,6-8H2,1H3,(H,16,20)(H,18,19). The fourth-order valence-electron chi connectivity index (χ4n) is 2.09. The summed E-state index contributed by atoms with van der Waals surface area (Å²) in [7, 11) is 0. The van der Waals surface area contributed by atoms with Gasteiger partial charge in [-0.25, -0.2) is 9.18 Å². The van der Waals surface area contributed by atoms with Crippen LogP contribution in [0.15, 0.2) is 24.3 Å². The highest BCUT2D eigenvalue weighted by molar-refractivity contribution is 5.76. The lowest BCUT2D eigenvalue weighted by Crippen LogP contribution is -2.56. The number of carbonyl (C=O) groups excluding carboxylic acids is 1. The molecule has 108 valence electrons. The minimum atomic E-state index is -0.832. The molecule has 0 aromatic heterocycles. The third kappa shape index (κ3) is 3.26. The molecule has 6 heteroatoms. The van der Waals surface area contributed by atoms with Crippen LogP contribution in [-0.4, -0.2) is 35.1 Å². The summed E-state index contributed by atoms with van der Waals surface area (Å²) in [5.74, 6) is -1.56. The molecule has 1 aliphatic heterocycles. The minimum Gasteiger partial charge on any atom is -0.481 e. The molecule has 0 saturated carbocycles. The number of carboxylic acid groups (broad SMARTS) is 1. The van der Waals surface area contributed by atoms with Crippen LogP contribution in [-0.2, 0) is 11.3 Å². The minimum absolute atomic E-state index is 0.0177. The zero-order chi connectivity index (χ0) is 14.7. The molecule has 0 bridgehead atoms. The molecular weight excluding hydrogens is 263 g/mol. The van der Waals surface area contributed by atoms with Crippen LogP contribution in [0.2, 0.25) is 0 Å². The zero-order valence-electron chi connectivity index (χ0n) is 11.2. The molecule has 1 fully saturated rings. The third-order valence-corrected chi connectivity index (χ3v) is 3.65. The largest absolute Gasteiger partial charge is 0.481 e. The average Bonchev–Trinajstić information content (AvgIpc) is 2.36. The van der Waals surface area contributed by atoms with E-state index in [2.05, 4.69) is 5.32 Å². The number of halogens is 1. The van der Waals surface area contributed by atoms with E-state index in [0.29, 0.717) is 19.6 Å². The van der Waals surface area contributed by atoms with Crippen molar-refractivity contribution in [2.75, 3.05) is 13.1 Å². The van der Waals surface area contributed by atoms with Crippen LogP contribution in [0, 0.1) is 17.7 Å². The first kappa shape index (κ1) is 14.3. The molecule has 1 aromatic carbocycles. The van der Waals surface area contributed by atoms with Crippen molar-refractivity contribution in [1.82, 2.24) is 10.2 Å². The van der Waals surface area contributed by atoms with E-state index in [1.807, 2.05) is 0 Å². The highest BCUT2D eigenvalue weighted by Gasteiger charge is 2.36. The monoisotopic (exact) mass is 280 g/mol. The molecule has 2 N–H and O–H groups in total. The molecular formula is C14H17FN2O3. The van der Waals surface area contributed by atoms with E-state index < -0.39 is 11.9 Å². The summed E-state index contributed by atoms with van der Waals surface area (Å²) in [6, 6.07) is 5.69. The average molecular weight is 280 g/mol. The van der Waals surface area contributed by atoms with Crippen molar-refractivity contribution in [3.8, 4) is 0 Å². The summed E-state index contributed by atoms with van der Waals surface area (Å²) in [5.41, 5.74) is 0.815. The number of nitrogens with one attached hydrogen (secondary N) is 1. The maximum absolute atomic E-state index is 12.7. The van der Waals surface area contributed by atoms with Crippen molar-refractivity contribution in [2.24, 2.45) is 11.8 Å². The van der Waals surface area contributed by atoms with E-state index in [-0.39, 0.29) is 17.8 Å². The van der Waals surface area contributed by atoms with Crippen LogP contribution in [0.4, 0.5) is 9.18 Å². The third-order valence-electron chi connectivity index (χ3n) is 3.65. The Balaban J connectivity index is 1.75. The lowest BCUT2D eigenvalue weighted by molar-refractivity contribution is -0.144. The van der Waals surface area contributed by atoms with Gasteiger partial charge in [0.2, 0.25) is 0 Å². The van der Waals surface area contributed by atoms with Crippen molar-refractivity contribution >= 4 is 12.0 Å². The van der Waals surface area contributed by atoms with Gasteiger partial charge in [-0.05, 0) is 17.7 Å². The number of urea groups is 1. The molecule has 5 nitrogen and oxygen atoms in total. The van der Waals surface area contributed by atoms with Gasteiger partial charge in [0.05, 0.1) is 5.92 Å². The van der Waals surface area contributed by atoms with E-state index in [1.54, 1.807) is 24.0 Å². The molecule has 1 aliphatic rings. The van der Waals surface area contributed by atoms with E-state index >= 15 is 0 Å². The first-order valence-corrected chi connectivity index (χ1v) is 6.47. The van der Waals surface area contributed by atoms with Crippen LogP contribution in [0.3, 0.4) is 0 Å². The molecule has 1 unspecified atom stereocenters. The van der Waals surface area contributed by atoms with E-state index in [9.17, 15) is 14.0 Å². The molecule has 20 heavy (non-hydrogen) atoms. The molecule has 2 amide bonds. The van der Waals surface area contributed by atoms with Gasteiger partial charge in [0.15, 0.2) is 0 Å². The molecule has 1 heterocycles. The fraction of sp³-hybridized carbons (Fsp3) is 0.429. The van der Waals surface area contributed by atoms with Crippen molar-refractivity contribution in [1.29, 1.82) is 0 Å². The number of benzene rings is 1. The number of nitrogens with zero attached hydrogens (tertiary/aromatic N) is 1. The molecule has 1 saturated heterocycles. The topological polar surface area (TPSA) is 69.6 Å². The zero-order valence-corrected chi connectivity index (χ0v) is 11.2. The lowest BCUT2D eigenvalue weighted by atomic mass is 9.87.